The molecule has 4 rings (SSSR count). The summed E-state index contributed by atoms with van der Waals surface area (Å²) in [6.45, 7) is 5.83. The van der Waals surface area contributed by atoms with E-state index in [1.54, 1.807) is 16.8 Å². The molecule has 0 unspecified atom stereocenters. The normalized spacial score (nSPS) is 11.2. The number of amides is 1. The summed E-state index contributed by atoms with van der Waals surface area (Å²) in [6, 6.07) is 9.99. The Labute approximate surface area is 168 Å². The van der Waals surface area contributed by atoms with Gasteiger partial charge in [0, 0.05) is 30.1 Å². The highest BCUT2D eigenvalue weighted by Gasteiger charge is 2.19. The number of carbonyl (C=O) groups excluding carboxylic acids is 1. The molecular weight excluding hydrogens is 369 g/mol. The Morgan fingerprint density at radius 1 is 1.14 bits per heavy atom. The quantitative estimate of drug-likeness (QED) is 0.572. The molecule has 6 nitrogen and oxygen atoms in total. The fourth-order valence-electron chi connectivity index (χ4n) is 3.49. The monoisotopic (exact) mass is 391 g/mol. The van der Waals surface area contributed by atoms with E-state index in [2.05, 4.69) is 15.4 Å². The van der Waals surface area contributed by atoms with E-state index in [4.69, 9.17) is 0 Å². The van der Waals surface area contributed by atoms with Crippen molar-refractivity contribution in [3.63, 3.8) is 0 Å². The van der Waals surface area contributed by atoms with Gasteiger partial charge in [0.25, 0.3) is 0 Å². The lowest BCUT2D eigenvalue weighted by atomic mass is 10.1. The molecule has 148 valence electrons. The van der Waals surface area contributed by atoms with Crippen LogP contribution in [-0.4, -0.2) is 25.1 Å². The molecule has 1 aromatic carbocycles. The third kappa shape index (κ3) is 3.51. The zero-order chi connectivity index (χ0) is 20.7. The van der Waals surface area contributed by atoms with E-state index in [1.807, 2.05) is 50.5 Å². The maximum absolute atomic E-state index is 13.4. The Balaban J connectivity index is 1.74. The lowest BCUT2D eigenvalue weighted by molar-refractivity contribution is -0.115. The second kappa shape index (κ2) is 7.16. The van der Waals surface area contributed by atoms with Gasteiger partial charge in [-0.2, -0.15) is 5.10 Å². The molecular formula is C22H22FN5O. The van der Waals surface area contributed by atoms with Crippen molar-refractivity contribution in [3.8, 4) is 11.3 Å². The molecule has 29 heavy (non-hydrogen) atoms. The van der Waals surface area contributed by atoms with Gasteiger partial charge in [0.1, 0.15) is 23.0 Å². The smallest absolute Gasteiger partial charge is 0.230 e. The summed E-state index contributed by atoms with van der Waals surface area (Å²) < 4.78 is 17.0. The van der Waals surface area contributed by atoms with Gasteiger partial charge in [-0.3, -0.25) is 13.9 Å². The first kappa shape index (κ1) is 18.9. The summed E-state index contributed by atoms with van der Waals surface area (Å²) in [6.07, 6.45) is 2.09. The third-order valence-electron chi connectivity index (χ3n) is 5.15. The summed E-state index contributed by atoms with van der Waals surface area (Å²) in [5.74, 6) is 0.0900. The van der Waals surface area contributed by atoms with Crippen LogP contribution in [0.15, 0.2) is 42.6 Å². The number of aromatic nitrogens is 4. The average molecular weight is 391 g/mol. The maximum Gasteiger partial charge on any atom is 0.230 e. The highest BCUT2D eigenvalue weighted by atomic mass is 19.1. The number of anilines is 1. The molecule has 0 aliphatic heterocycles. The van der Waals surface area contributed by atoms with Gasteiger partial charge >= 0.3 is 0 Å². The average Bonchev–Trinajstić information content (AvgIpc) is 3.14. The van der Waals surface area contributed by atoms with Gasteiger partial charge in [-0.1, -0.05) is 0 Å². The highest BCUT2D eigenvalue weighted by Crippen LogP contribution is 2.29. The van der Waals surface area contributed by atoms with Gasteiger partial charge in [0.15, 0.2) is 0 Å². The first-order valence-electron chi connectivity index (χ1n) is 9.37. The number of hydrogen-bond acceptors (Lipinski definition) is 3. The molecule has 0 saturated carbocycles. The van der Waals surface area contributed by atoms with Crippen LogP contribution in [-0.2, 0) is 18.3 Å². The van der Waals surface area contributed by atoms with E-state index in [1.165, 1.54) is 12.1 Å². The first-order valence-corrected chi connectivity index (χ1v) is 9.37. The number of hydrogen-bond donors (Lipinski definition) is 1. The molecule has 3 heterocycles. The Kier molecular flexibility index (Phi) is 4.66. The van der Waals surface area contributed by atoms with Crippen molar-refractivity contribution < 1.29 is 9.18 Å². The molecule has 0 radical (unpaired) electrons. The molecule has 0 spiro atoms. The van der Waals surface area contributed by atoms with Crippen LogP contribution in [0.3, 0.4) is 0 Å². The Morgan fingerprint density at radius 3 is 2.52 bits per heavy atom. The zero-order valence-electron chi connectivity index (χ0n) is 16.8. The number of rotatable bonds is 4. The fraction of sp³-hybridized carbons (Fsp3) is 0.227. The topological polar surface area (TPSA) is 64.2 Å². The molecule has 3 aromatic heterocycles. The summed E-state index contributed by atoms with van der Waals surface area (Å²) in [5, 5.41) is 7.39. The van der Waals surface area contributed by atoms with E-state index >= 15 is 0 Å². The molecule has 7 heteroatoms. The van der Waals surface area contributed by atoms with Crippen LogP contribution in [0.4, 0.5) is 10.2 Å². The lowest BCUT2D eigenvalue weighted by Gasteiger charge is -2.09. The third-order valence-corrected chi connectivity index (χ3v) is 5.15. The summed E-state index contributed by atoms with van der Waals surface area (Å²) in [5.41, 5.74) is 5.83. The van der Waals surface area contributed by atoms with Crippen molar-refractivity contribution in [1.29, 1.82) is 0 Å². The molecule has 0 atom stereocenters. The SMILES string of the molecule is Cc1ccn2c(NC(=O)Cc3c(C)nn(C)c3C)c(-c3ccc(F)cc3)nc2c1. The number of carbonyl (C=O) groups is 1. The van der Waals surface area contributed by atoms with E-state index in [9.17, 15) is 9.18 Å². The second-order valence-corrected chi connectivity index (χ2v) is 7.25. The number of halogens is 1. The Hall–Kier alpha value is -3.48. The van der Waals surface area contributed by atoms with Crippen LogP contribution in [0.25, 0.3) is 16.9 Å². The largest absolute Gasteiger partial charge is 0.310 e. The summed E-state index contributed by atoms with van der Waals surface area (Å²) in [4.78, 5) is 17.6. The minimum absolute atomic E-state index is 0.157. The maximum atomic E-state index is 13.4. The number of imidazole rings is 1. The molecule has 1 amide bonds. The van der Waals surface area contributed by atoms with Crippen LogP contribution >= 0.6 is 0 Å². The van der Waals surface area contributed by atoms with Gasteiger partial charge in [0.2, 0.25) is 5.91 Å². The zero-order valence-corrected chi connectivity index (χ0v) is 16.8. The second-order valence-electron chi connectivity index (χ2n) is 7.25. The van der Waals surface area contributed by atoms with E-state index < -0.39 is 0 Å². The number of nitrogens with one attached hydrogen (secondary N) is 1. The molecule has 1 N–H and O–H groups in total. The molecule has 0 bridgehead atoms. The first-order chi connectivity index (χ1) is 13.8. The van der Waals surface area contributed by atoms with Crippen LogP contribution < -0.4 is 5.32 Å². The predicted molar refractivity (Wildman–Crippen MR) is 110 cm³/mol. The van der Waals surface area contributed by atoms with Crippen molar-refractivity contribution >= 4 is 17.4 Å². The van der Waals surface area contributed by atoms with Crippen molar-refractivity contribution in [2.75, 3.05) is 5.32 Å². The van der Waals surface area contributed by atoms with Crippen molar-refractivity contribution in [2.24, 2.45) is 7.05 Å². The molecule has 0 saturated heterocycles. The highest BCUT2D eigenvalue weighted by molar-refractivity contribution is 5.96. The fourth-order valence-corrected chi connectivity index (χ4v) is 3.49. The van der Waals surface area contributed by atoms with Gasteiger partial charge in [-0.05, 0) is 62.7 Å². The van der Waals surface area contributed by atoms with E-state index in [0.717, 1.165) is 28.1 Å². The number of fused-ring (bicyclic) bond motifs is 1. The molecule has 4 aromatic rings. The van der Waals surface area contributed by atoms with Gasteiger partial charge in [0.05, 0.1) is 12.1 Å². The summed E-state index contributed by atoms with van der Waals surface area (Å²) in [7, 11) is 1.86. The Bertz CT molecular complexity index is 1220. The number of nitrogens with zero attached hydrogens (tertiary/aromatic N) is 4. The lowest BCUT2D eigenvalue weighted by Crippen LogP contribution is -2.17. The minimum atomic E-state index is -0.318. The van der Waals surface area contributed by atoms with E-state index in [0.29, 0.717) is 17.2 Å². The van der Waals surface area contributed by atoms with Crippen molar-refractivity contribution in [2.45, 2.75) is 27.2 Å². The summed E-state index contributed by atoms with van der Waals surface area (Å²) >= 11 is 0. The number of aryl methyl sites for hydroxylation is 3. The number of benzene rings is 1. The van der Waals surface area contributed by atoms with Crippen LogP contribution in [0.5, 0.6) is 0 Å². The minimum Gasteiger partial charge on any atom is -0.310 e. The van der Waals surface area contributed by atoms with Crippen LogP contribution in [0.2, 0.25) is 0 Å². The van der Waals surface area contributed by atoms with Gasteiger partial charge in [-0.25, -0.2) is 9.37 Å². The van der Waals surface area contributed by atoms with Gasteiger partial charge < -0.3 is 5.32 Å². The number of pyridine rings is 1. The van der Waals surface area contributed by atoms with E-state index in [-0.39, 0.29) is 18.1 Å². The molecule has 0 aliphatic carbocycles. The van der Waals surface area contributed by atoms with Crippen LogP contribution in [0, 0.1) is 26.6 Å². The van der Waals surface area contributed by atoms with Crippen molar-refractivity contribution in [3.05, 3.63) is 70.9 Å². The van der Waals surface area contributed by atoms with Gasteiger partial charge in [-0.15, -0.1) is 0 Å². The Morgan fingerprint density at radius 2 is 1.86 bits per heavy atom. The van der Waals surface area contributed by atoms with Crippen molar-refractivity contribution in [1.82, 2.24) is 19.2 Å². The predicted octanol–water partition coefficient (Wildman–Crippen LogP) is 3.98. The molecule has 0 aliphatic rings. The molecule has 0 fully saturated rings. The van der Waals surface area contributed by atoms with Crippen LogP contribution in [0.1, 0.15) is 22.5 Å². The standard InChI is InChI=1S/C22H22FN5O/c1-13-9-10-28-19(11-13)24-21(16-5-7-17(23)8-6-16)22(28)25-20(29)12-18-14(2)26-27(4)15(18)3/h5-11H,12H2,1-4H3,(H,25,29).